The number of methoxy groups -OCH3 is 2. The van der Waals surface area contributed by atoms with Gasteiger partial charge in [0, 0.05) is 28.6 Å². The first-order chi connectivity index (χ1) is 14.1. The van der Waals surface area contributed by atoms with Gasteiger partial charge in [-0.15, -0.1) is 0 Å². The minimum Gasteiger partial charge on any atom is -0.481 e. The van der Waals surface area contributed by atoms with Gasteiger partial charge in [-0.1, -0.05) is 18.2 Å². The van der Waals surface area contributed by atoms with E-state index in [2.05, 4.69) is 4.98 Å². The van der Waals surface area contributed by atoms with E-state index in [9.17, 15) is 4.79 Å². The Hall–Kier alpha value is -3.35. The van der Waals surface area contributed by atoms with Crippen molar-refractivity contribution in [3.05, 3.63) is 41.6 Å². The van der Waals surface area contributed by atoms with Gasteiger partial charge < -0.3 is 20.1 Å². The number of hydrogen-bond donors (Lipinski definition) is 1. The lowest BCUT2D eigenvalue weighted by Gasteiger charge is -2.34. The lowest BCUT2D eigenvalue weighted by atomic mass is 9.92. The summed E-state index contributed by atoms with van der Waals surface area (Å²) in [5.41, 5.74) is 10.7. The molecule has 0 radical (unpaired) electrons. The third kappa shape index (κ3) is 2.61. The summed E-state index contributed by atoms with van der Waals surface area (Å²) in [4.78, 5) is 24.2. The molecule has 1 aliphatic heterocycles. The minimum absolute atomic E-state index is 0.00528. The zero-order chi connectivity index (χ0) is 20.1. The normalized spacial score (nSPS) is 16.1. The number of nitrogen functional groups attached to an aromatic ring is 1. The van der Waals surface area contributed by atoms with Gasteiger partial charge in [-0.05, 0) is 25.3 Å². The van der Waals surface area contributed by atoms with E-state index in [-0.39, 0.29) is 5.91 Å². The SMILES string of the molecule is COc1ccc(-c2cccc3c(N)c4c(nc23)CN(C2CCC2)C4=O)c(OC)n1. The molecule has 3 aromatic rings. The van der Waals surface area contributed by atoms with E-state index in [1.165, 1.54) is 6.42 Å². The number of fused-ring (bicyclic) bond motifs is 2. The summed E-state index contributed by atoms with van der Waals surface area (Å²) in [5, 5.41) is 0.767. The number of amides is 1. The number of nitrogens with zero attached hydrogens (tertiary/aromatic N) is 3. The predicted molar refractivity (Wildman–Crippen MR) is 110 cm³/mol. The summed E-state index contributed by atoms with van der Waals surface area (Å²) in [7, 11) is 3.14. The van der Waals surface area contributed by atoms with E-state index < -0.39 is 0 Å². The lowest BCUT2D eigenvalue weighted by molar-refractivity contribution is 0.0606. The van der Waals surface area contributed by atoms with Crippen molar-refractivity contribution in [3.63, 3.8) is 0 Å². The second-order valence-electron chi connectivity index (χ2n) is 7.48. The minimum atomic E-state index is 0.00528. The quantitative estimate of drug-likeness (QED) is 0.734. The van der Waals surface area contributed by atoms with Crippen LogP contribution >= 0.6 is 0 Å². The molecule has 7 nitrogen and oxygen atoms in total. The van der Waals surface area contributed by atoms with Crippen LogP contribution in [0.1, 0.15) is 35.3 Å². The molecule has 0 atom stereocenters. The van der Waals surface area contributed by atoms with Gasteiger partial charge >= 0.3 is 0 Å². The molecule has 1 aliphatic carbocycles. The Kier molecular flexibility index (Phi) is 4.04. The predicted octanol–water partition coefficient (Wildman–Crippen LogP) is 3.40. The topological polar surface area (TPSA) is 90.6 Å². The maximum Gasteiger partial charge on any atom is 0.258 e. The third-order valence-corrected chi connectivity index (χ3v) is 5.97. The van der Waals surface area contributed by atoms with Crippen LogP contribution in [0.2, 0.25) is 0 Å². The average Bonchev–Trinajstić information content (AvgIpc) is 3.02. The summed E-state index contributed by atoms with van der Waals surface area (Å²) in [6, 6.07) is 9.78. The fourth-order valence-electron chi connectivity index (χ4n) is 4.20. The molecule has 7 heteroatoms. The first kappa shape index (κ1) is 17.7. The van der Waals surface area contributed by atoms with Crippen LogP contribution in [0.25, 0.3) is 22.0 Å². The first-order valence-corrected chi connectivity index (χ1v) is 9.73. The third-order valence-electron chi connectivity index (χ3n) is 5.97. The molecular weight excluding hydrogens is 368 g/mol. The molecule has 0 spiro atoms. The molecule has 29 heavy (non-hydrogen) atoms. The fraction of sp³-hybridized carbons (Fsp3) is 0.318. The van der Waals surface area contributed by atoms with Gasteiger partial charge in [0.15, 0.2) is 0 Å². The summed E-state index contributed by atoms with van der Waals surface area (Å²) in [6.45, 7) is 0.519. The number of hydrogen-bond acceptors (Lipinski definition) is 6. The molecule has 3 heterocycles. The Labute approximate surface area is 168 Å². The number of anilines is 1. The molecule has 2 N–H and O–H groups in total. The highest BCUT2D eigenvalue weighted by molar-refractivity contribution is 6.11. The van der Waals surface area contributed by atoms with Crippen molar-refractivity contribution < 1.29 is 14.3 Å². The van der Waals surface area contributed by atoms with Crippen LogP contribution in [0, 0.1) is 0 Å². The molecule has 0 unspecified atom stereocenters. The van der Waals surface area contributed by atoms with E-state index in [4.69, 9.17) is 20.2 Å². The number of aromatic nitrogens is 2. The van der Waals surface area contributed by atoms with E-state index in [0.717, 1.165) is 40.6 Å². The second kappa shape index (κ2) is 6.62. The number of benzene rings is 1. The van der Waals surface area contributed by atoms with Crippen LogP contribution in [0.15, 0.2) is 30.3 Å². The van der Waals surface area contributed by atoms with Crippen molar-refractivity contribution in [3.8, 4) is 22.9 Å². The van der Waals surface area contributed by atoms with Crippen molar-refractivity contribution in [1.82, 2.24) is 14.9 Å². The van der Waals surface area contributed by atoms with Crippen molar-refractivity contribution in [2.45, 2.75) is 31.8 Å². The van der Waals surface area contributed by atoms with Gasteiger partial charge in [-0.25, -0.2) is 4.98 Å². The number of rotatable bonds is 4. The summed E-state index contributed by atoms with van der Waals surface area (Å²) < 4.78 is 10.7. The van der Waals surface area contributed by atoms with Crippen LogP contribution in [0.3, 0.4) is 0 Å². The molecule has 1 saturated carbocycles. The number of ether oxygens (including phenoxy) is 2. The van der Waals surface area contributed by atoms with Crippen LogP contribution in [0.5, 0.6) is 11.8 Å². The molecule has 2 aromatic heterocycles. The first-order valence-electron chi connectivity index (χ1n) is 9.73. The van der Waals surface area contributed by atoms with Gasteiger partial charge in [0.25, 0.3) is 5.91 Å². The largest absolute Gasteiger partial charge is 0.481 e. The molecule has 1 fully saturated rings. The van der Waals surface area contributed by atoms with Crippen molar-refractivity contribution in [1.29, 1.82) is 0 Å². The highest BCUT2D eigenvalue weighted by Crippen LogP contribution is 2.40. The number of pyridine rings is 2. The monoisotopic (exact) mass is 390 g/mol. The maximum atomic E-state index is 13.0. The van der Waals surface area contributed by atoms with E-state index in [0.29, 0.717) is 35.6 Å². The molecule has 148 valence electrons. The Balaban J connectivity index is 1.69. The molecule has 0 bridgehead atoms. The Morgan fingerprint density at radius 2 is 1.90 bits per heavy atom. The van der Waals surface area contributed by atoms with Gasteiger partial charge in [0.05, 0.1) is 43.2 Å². The number of nitrogens with two attached hydrogens (primary N) is 1. The zero-order valence-electron chi connectivity index (χ0n) is 16.4. The second-order valence-corrected chi connectivity index (χ2v) is 7.48. The van der Waals surface area contributed by atoms with Gasteiger partial charge in [-0.2, -0.15) is 4.98 Å². The van der Waals surface area contributed by atoms with Crippen molar-refractivity contribution in [2.75, 3.05) is 20.0 Å². The Morgan fingerprint density at radius 3 is 2.59 bits per heavy atom. The molecular formula is C22H22N4O3. The van der Waals surface area contributed by atoms with Gasteiger partial charge in [0.1, 0.15) is 0 Å². The molecule has 0 saturated heterocycles. The van der Waals surface area contributed by atoms with Crippen LogP contribution < -0.4 is 15.2 Å². The summed E-state index contributed by atoms with van der Waals surface area (Å²) >= 11 is 0. The average molecular weight is 390 g/mol. The highest BCUT2D eigenvalue weighted by atomic mass is 16.5. The van der Waals surface area contributed by atoms with Crippen LogP contribution in [-0.4, -0.2) is 41.0 Å². The zero-order valence-corrected chi connectivity index (χ0v) is 16.4. The number of carbonyl (C=O) groups is 1. The van der Waals surface area contributed by atoms with Gasteiger partial charge in [-0.3, -0.25) is 4.79 Å². The molecule has 2 aliphatic rings. The Morgan fingerprint density at radius 1 is 1.07 bits per heavy atom. The molecule has 5 rings (SSSR count). The molecule has 1 aromatic carbocycles. The number of para-hydroxylation sites is 1. The standard InChI is InChI=1S/C22H22N4O3/c1-28-17-10-9-14(21(25-17)29-2)13-7-4-8-15-19(23)18-16(24-20(13)15)11-26(22(18)27)12-5-3-6-12/h4,7-10,12H,3,5-6,11H2,1-2H3,(H2,23,24). The van der Waals surface area contributed by atoms with Crippen molar-refractivity contribution in [2.24, 2.45) is 0 Å². The van der Waals surface area contributed by atoms with Crippen LogP contribution in [0.4, 0.5) is 5.69 Å². The smallest absolute Gasteiger partial charge is 0.258 e. The van der Waals surface area contributed by atoms with E-state index in [1.807, 2.05) is 29.2 Å². The maximum absolute atomic E-state index is 13.0. The van der Waals surface area contributed by atoms with E-state index >= 15 is 0 Å². The lowest BCUT2D eigenvalue weighted by Crippen LogP contribution is -2.40. The van der Waals surface area contributed by atoms with Gasteiger partial charge in [0.2, 0.25) is 11.8 Å². The summed E-state index contributed by atoms with van der Waals surface area (Å²) in [5.74, 6) is 0.927. The highest BCUT2D eigenvalue weighted by Gasteiger charge is 2.38. The molecule has 1 amide bonds. The van der Waals surface area contributed by atoms with E-state index in [1.54, 1.807) is 20.3 Å². The Bertz CT molecular complexity index is 1140. The number of carbonyl (C=O) groups excluding carboxylic acids is 1. The van der Waals surface area contributed by atoms with Crippen molar-refractivity contribution >= 4 is 22.5 Å². The summed E-state index contributed by atoms with van der Waals surface area (Å²) in [6.07, 6.45) is 3.28. The van der Waals surface area contributed by atoms with Crippen LogP contribution in [-0.2, 0) is 6.54 Å². The fourth-order valence-corrected chi connectivity index (χ4v) is 4.20.